The van der Waals surface area contributed by atoms with Crippen molar-refractivity contribution in [3.63, 3.8) is 0 Å². The predicted molar refractivity (Wildman–Crippen MR) is 86.3 cm³/mol. The fraction of sp³-hybridized carbons (Fsp3) is 0.235. The van der Waals surface area contributed by atoms with Crippen molar-refractivity contribution in [2.24, 2.45) is 0 Å². The molecule has 3 rings (SSSR count). The van der Waals surface area contributed by atoms with Crippen LogP contribution < -0.4 is 5.32 Å². The molecule has 3 heteroatoms. The summed E-state index contributed by atoms with van der Waals surface area (Å²) in [6.45, 7) is 2.17. The quantitative estimate of drug-likeness (QED) is 0.779. The highest BCUT2D eigenvalue weighted by Crippen LogP contribution is 2.26. The van der Waals surface area contributed by atoms with Gasteiger partial charge in [0.25, 0.3) is 0 Å². The molecular formula is C17H18N2S. The number of fused-ring (bicyclic) bond motifs is 1. The van der Waals surface area contributed by atoms with Crippen LogP contribution in [0.25, 0.3) is 10.9 Å². The molecule has 1 unspecified atom stereocenters. The molecular weight excluding hydrogens is 264 g/mol. The number of aryl methyl sites for hydroxylation is 1. The second-order valence-corrected chi connectivity index (χ2v) is 5.96. The molecule has 0 radical (unpaired) electrons. The minimum atomic E-state index is 0.337. The third-order valence-electron chi connectivity index (χ3n) is 3.64. The Hall–Kier alpha value is -1.71. The minimum absolute atomic E-state index is 0.337. The van der Waals surface area contributed by atoms with Gasteiger partial charge in [0, 0.05) is 28.4 Å². The van der Waals surface area contributed by atoms with E-state index in [0.717, 1.165) is 17.6 Å². The molecule has 1 atom stereocenters. The Kier molecular flexibility index (Phi) is 3.81. The molecule has 2 nitrogen and oxygen atoms in total. The highest BCUT2D eigenvalue weighted by atomic mass is 32.1. The van der Waals surface area contributed by atoms with E-state index in [-0.39, 0.29) is 0 Å². The Morgan fingerprint density at radius 2 is 2.00 bits per heavy atom. The van der Waals surface area contributed by atoms with Crippen LogP contribution in [0.4, 0.5) is 0 Å². The molecule has 0 saturated heterocycles. The van der Waals surface area contributed by atoms with Gasteiger partial charge in [0.1, 0.15) is 0 Å². The fourth-order valence-electron chi connectivity index (χ4n) is 2.50. The summed E-state index contributed by atoms with van der Waals surface area (Å²) in [5.41, 5.74) is 3.56. The molecule has 0 bridgehead atoms. The van der Waals surface area contributed by atoms with Crippen LogP contribution in [0.15, 0.2) is 47.8 Å². The van der Waals surface area contributed by atoms with Crippen LogP contribution in [-0.4, -0.2) is 12.0 Å². The summed E-state index contributed by atoms with van der Waals surface area (Å²) >= 11 is 1.81. The van der Waals surface area contributed by atoms with E-state index in [4.69, 9.17) is 4.98 Å². The van der Waals surface area contributed by atoms with E-state index in [1.807, 2.05) is 24.5 Å². The van der Waals surface area contributed by atoms with Gasteiger partial charge in [-0.1, -0.05) is 24.3 Å². The fourth-order valence-corrected chi connectivity index (χ4v) is 3.54. The van der Waals surface area contributed by atoms with E-state index in [9.17, 15) is 0 Å². The third kappa shape index (κ3) is 2.60. The van der Waals surface area contributed by atoms with Crippen molar-refractivity contribution in [1.82, 2.24) is 10.3 Å². The number of aromatic nitrogens is 1. The van der Waals surface area contributed by atoms with E-state index in [0.29, 0.717) is 6.04 Å². The summed E-state index contributed by atoms with van der Waals surface area (Å²) in [6.07, 6.45) is 0.919. The SMILES string of the molecule is CNC(Cc1ccc2ccccc2n1)c1sccc1C. The summed E-state index contributed by atoms with van der Waals surface area (Å²) in [4.78, 5) is 6.17. The number of benzene rings is 1. The van der Waals surface area contributed by atoms with Gasteiger partial charge in [0.15, 0.2) is 0 Å². The summed E-state index contributed by atoms with van der Waals surface area (Å²) < 4.78 is 0. The van der Waals surface area contributed by atoms with E-state index < -0.39 is 0 Å². The Bertz CT molecular complexity index is 718. The average molecular weight is 282 g/mol. The first-order valence-electron chi connectivity index (χ1n) is 6.84. The maximum atomic E-state index is 4.77. The van der Waals surface area contributed by atoms with Crippen molar-refractivity contribution < 1.29 is 0 Å². The highest BCUT2D eigenvalue weighted by molar-refractivity contribution is 7.10. The number of nitrogens with zero attached hydrogens (tertiary/aromatic N) is 1. The Balaban J connectivity index is 1.89. The molecule has 1 N–H and O–H groups in total. The minimum Gasteiger partial charge on any atom is -0.312 e. The lowest BCUT2D eigenvalue weighted by Crippen LogP contribution is -2.19. The zero-order valence-corrected chi connectivity index (χ0v) is 12.6. The van der Waals surface area contributed by atoms with Crippen molar-refractivity contribution in [2.75, 3.05) is 7.05 Å². The van der Waals surface area contributed by atoms with Gasteiger partial charge < -0.3 is 5.32 Å². The monoisotopic (exact) mass is 282 g/mol. The normalized spacial score (nSPS) is 12.7. The van der Waals surface area contributed by atoms with E-state index in [1.54, 1.807) is 0 Å². The van der Waals surface area contributed by atoms with Crippen LogP contribution in [0.1, 0.15) is 22.2 Å². The smallest absolute Gasteiger partial charge is 0.0705 e. The van der Waals surface area contributed by atoms with Crippen LogP contribution in [-0.2, 0) is 6.42 Å². The van der Waals surface area contributed by atoms with Gasteiger partial charge in [0.2, 0.25) is 0 Å². The molecule has 0 amide bonds. The van der Waals surface area contributed by atoms with Gasteiger partial charge in [0.05, 0.1) is 5.52 Å². The zero-order valence-electron chi connectivity index (χ0n) is 11.8. The Morgan fingerprint density at radius 3 is 2.75 bits per heavy atom. The van der Waals surface area contributed by atoms with Gasteiger partial charge in [-0.3, -0.25) is 4.98 Å². The first kappa shape index (κ1) is 13.3. The molecule has 2 heterocycles. The van der Waals surface area contributed by atoms with Gasteiger partial charge >= 0.3 is 0 Å². The number of thiophene rings is 1. The second kappa shape index (κ2) is 5.73. The lowest BCUT2D eigenvalue weighted by atomic mass is 10.1. The van der Waals surface area contributed by atoms with Gasteiger partial charge in [-0.05, 0) is 43.1 Å². The van der Waals surface area contributed by atoms with E-state index in [1.165, 1.54) is 15.8 Å². The van der Waals surface area contributed by atoms with Gasteiger partial charge in [-0.15, -0.1) is 11.3 Å². The van der Waals surface area contributed by atoms with Crippen molar-refractivity contribution in [3.05, 3.63) is 64.0 Å². The summed E-state index contributed by atoms with van der Waals surface area (Å²) in [6, 6.07) is 15.1. The number of nitrogens with one attached hydrogen (secondary N) is 1. The Morgan fingerprint density at radius 1 is 1.15 bits per heavy atom. The van der Waals surface area contributed by atoms with E-state index >= 15 is 0 Å². The molecule has 102 valence electrons. The van der Waals surface area contributed by atoms with Crippen molar-refractivity contribution >= 4 is 22.2 Å². The van der Waals surface area contributed by atoms with Crippen molar-refractivity contribution in [2.45, 2.75) is 19.4 Å². The maximum Gasteiger partial charge on any atom is 0.0705 e. The van der Waals surface area contributed by atoms with Crippen LogP contribution in [0.3, 0.4) is 0 Å². The summed E-state index contributed by atoms with van der Waals surface area (Å²) in [5.74, 6) is 0. The molecule has 0 aliphatic rings. The molecule has 0 saturated carbocycles. The lowest BCUT2D eigenvalue weighted by molar-refractivity contribution is 0.592. The maximum absolute atomic E-state index is 4.77. The highest BCUT2D eigenvalue weighted by Gasteiger charge is 2.14. The van der Waals surface area contributed by atoms with Crippen LogP contribution in [0.5, 0.6) is 0 Å². The lowest BCUT2D eigenvalue weighted by Gasteiger charge is -2.15. The number of hydrogen-bond donors (Lipinski definition) is 1. The molecule has 0 spiro atoms. The molecule has 0 fully saturated rings. The molecule has 2 aromatic heterocycles. The van der Waals surface area contributed by atoms with Crippen LogP contribution in [0, 0.1) is 6.92 Å². The van der Waals surface area contributed by atoms with Crippen molar-refractivity contribution in [3.8, 4) is 0 Å². The topological polar surface area (TPSA) is 24.9 Å². The number of rotatable bonds is 4. The first-order valence-corrected chi connectivity index (χ1v) is 7.72. The third-order valence-corrected chi connectivity index (χ3v) is 4.77. The zero-order chi connectivity index (χ0) is 13.9. The largest absolute Gasteiger partial charge is 0.312 e. The van der Waals surface area contributed by atoms with E-state index in [2.05, 4.69) is 54.0 Å². The first-order chi connectivity index (χ1) is 9.78. The van der Waals surface area contributed by atoms with Gasteiger partial charge in [-0.25, -0.2) is 0 Å². The second-order valence-electron chi connectivity index (χ2n) is 5.01. The van der Waals surface area contributed by atoms with Crippen molar-refractivity contribution in [1.29, 1.82) is 0 Å². The number of para-hydroxylation sites is 1. The number of hydrogen-bond acceptors (Lipinski definition) is 3. The average Bonchev–Trinajstić information content (AvgIpc) is 2.91. The number of likely N-dealkylation sites (N-methyl/N-ethyl adjacent to an activating group) is 1. The number of pyridine rings is 1. The molecule has 20 heavy (non-hydrogen) atoms. The summed E-state index contributed by atoms with van der Waals surface area (Å²) in [7, 11) is 2.02. The van der Waals surface area contributed by atoms with Crippen LogP contribution >= 0.6 is 11.3 Å². The molecule has 0 aliphatic carbocycles. The molecule has 0 aliphatic heterocycles. The Labute approximate surface area is 123 Å². The van der Waals surface area contributed by atoms with Crippen LogP contribution in [0.2, 0.25) is 0 Å². The predicted octanol–water partition coefficient (Wildman–Crippen LogP) is 4.11. The molecule has 1 aromatic carbocycles. The molecule has 3 aromatic rings. The summed E-state index contributed by atoms with van der Waals surface area (Å²) in [5, 5.41) is 6.77. The van der Waals surface area contributed by atoms with Gasteiger partial charge in [-0.2, -0.15) is 0 Å². The standard InChI is InChI=1S/C17H18N2S/c1-12-9-10-20-17(12)16(18-2)11-14-8-7-13-5-3-4-6-15(13)19-14/h3-10,16,18H,11H2,1-2H3.